The Labute approximate surface area is 182 Å². The largest absolute Gasteiger partial charge is 0.278 e. The van der Waals surface area contributed by atoms with E-state index in [1.165, 1.54) is 6.07 Å². The fourth-order valence-corrected chi connectivity index (χ4v) is 4.10. The molecule has 0 bridgehead atoms. The highest BCUT2D eigenvalue weighted by molar-refractivity contribution is 5.85. The van der Waals surface area contributed by atoms with E-state index in [-0.39, 0.29) is 5.52 Å². The summed E-state index contributed by atoms with van der Waals surface area (Å²) in [5.41, 5.74) is 6.97. The molecule has 0 radical (unpaired) electrons. The third-order valence-electron chi connectivity index (χ3n) is 5.65. The normalized spacial score (nSPS) is 11.6. The quantitative estimate of drug-likeness (QED) is 0.439. The lowest BCUT2D eigenvalue weighted by Gasteiger charge is -2.11. The maximum Gasteiger partial charge on any atom is 0.153 e. The molecule has 6 rings (SSSR count). The summed E-state index contributed by atoms with van der Waals surface area (Å²) in [6, 6.07) is 17.2. The van der Waals surface area contributed by atoms with Crippen LogP contribution in [0.4, 0.5) is 4.39 Å². The van der Waals surface area contributed by atoms with Gasteiger partial charge in [0, 0.05) is 10.9 Å². The molecular weight excluding hydrogens is 405 g/mol. The first-order valence-electron chi connectivity index (χ1n) is 10.2. The number of nitrogens with one attached hydrogen (secondary N) is 1. The molecule has 7 nitrogen and oxygen atoms in total. The zero-order valence-electron chi connectivity index (χ0n) is 17.4. The molecule has 0 aliphatic rings. The molecule has 3 aromatic heterocycles. The number of hydrogen-bond acceptors (Lipinski definition) is 4. The highest BCUT2D eigenvalue weighted by Crippen LogP contribution is 2.31. The third kappa shape index (κ3) is 2.80. The molecular formula is C24H18FN7. The topological polar surface area (TPSA) is 77.2 Å². The number of aromatic amines is 1. The van der Waals surface area contributed by atoms with E-state index in [1.54, 1.807) is 17.1 Å². The van der Waals surface area contributed by atoms with Gasteiger partial charge in [-0.3, -0.25) is 5.10 Å². The van der Waals surface area contributed by atoms with Crippen LogP contribution in [0.1, 0.15) is 11.1 Å². The van der Waals surface area contributed by atoms with Crippen molar-refractivity contribution in [2.75, 3.05) is 0 Å². The molecule has 3 aromatic carbocycles. The van der Waals surface area contributed by atoms with Crippen molar-refractivity contribution in [3.63, 3.8) is 0 Å². The van der Waals surface area contributed by atoms with E-state index in [0.29, 0.717) is 11.1 Å². The molecule has 0 spiro atoms. The smallest absolute Gasteiger partial charge is 0.153 e. The number of hydrogen-bond donors (Lipinski definition) is 1. The number of aryl methyl sites for hydroxylation is 2. The second-order valence-corrected chi connectivity index (χ2v) is 7.90. The van der Waals surface area contributed by atoms with Crippen LogP contribution in [0.25, 0.3) is 44.6 Å². The molecule has 0 saturated carbocycles. The molecule has 8 heteroatoms. The van der Waals surface area contributed by atoms with E-state index in [4.69, 9.17) is 0 Å². The number of nitrogens with zero attached hydrogens (tertiary/aromatic N) is 6. The summed E-state index contributed by atoms with van der Waals surface area (Å²) in [6.45, 7) is 4.00. The van der Waals surface area contributed by atoms with Gasteiger partial charge >= 0.3 is 0 Å². The Morgan fingerprint density at radius 2 is 1.78 bits per heavy atom. The lowest BCUT2D eigenvalue weighted by Crippen LogP contribution is -2.01. The van der Waals surface area contributed by atoms with E-state index < -0.39 is 5.82 Å². The van der Waals surface area contributed by atoms with Gasteiger partial charge in [-0.25, -0.2) is 13.8 Å². The van der Waals surface area contributed by atoms with Gasteiger partial charge in [-0.1, -0.05) is 17.3 Å². The van der Waals surface area contributed by atoms with Crippen molar-refractivity contribution >= 4 is 21.9 Å². The Morgan fingerprint density at radius 3 is 2.66 bits per heavy atom. The van der Waals surface area contributed by atoms with Gasteiger partial charge in [0.1, 0.15) is 5.52 Å². The monoisotopic (exact) mass is 423 g/mol. The molecule has 0 amide bonds. The Bertz CT molecular complexity index is 1620. The summed E-state index contributed by atoms with van der Waals surface area (Å²) in [6.07, 6.45) is 3.55. The molecule has 156 valence electrons. The summed E-state index contributed by atoms with van der Waals surface area (Å²) < 4.78 is 18.6. The molecule has 1 N–H and O–H groups in total. The molecule has 0 aliphatic carbocycles. The minimum Gasteiger partial charge on any atom is -0.278 e. The van der Waals surface area contributed by atoms with Gasteiger partial charge in [-0.05, 0) is 67.4 Å². The number of fused-ring (bicyclic) bond motifs is 2. The van der Waals surface area contributed by atoms with E-state index >= 15 is 4.39 Å². The van der Waals surface area contributed by atoms with Crippen LogP contribution in [0, 0.1) is 19.7 Å². The zero-order chi connectivity index (χ0) is 21.8. The van der Waals surface area contributed by atoms with E-state index in [1.807, 2.05) is 61.0 Å². The third-order valence-corrected chi connectivity index (χ3v) is 5.65. The van der Waals surface area contributed by atoms with Gasteiger partial charge in [0.05, 0.1) is 40.5 Å². The second-order valence-electron chi connectivity index (χ2n) is 7.90. The first kappa shape index (κ1) is 18.4. The van der Waals surface area contributed by atoms with Crippen LogP contribution >= 0.6 is 0 Å². The minimum absolute atomic E-state index is 0.220. The predicted octanol–water partition coefficient (Wildman–Crippen LogP) is 4.91. The summed E-state index contributed by atoms with van der Waals surface area (Å²) in [5, 5.41) is 20.9. The highest BCUT2D eigenvalue weighted by atomic mass is 19.1. The van der Waals surface area contributed by atoms with Gasteiger partial charge in [0.2, 0.25) is 0 Å². The average molecular weight is 423 g/mol. The number of halogens is 1. The molecule has 6 aromatic rings. The molecule has 0 fully saturated rings. The van der Waals surface area contributed by atoms with Gasteiger partial charge in [-0.15, -0.1) is 5.10 Å². The summed E-state index contributed by atoms with van der Waals surface area (Å²) in [7, 11) is 0. The molecule has 0 atom stereocenters. The van der Waals surface area contributed by atoms with Gasteiger partial charge in [0.15, 0.2) is 5.82 Å². The van der Waals surface area contributed by atoms with E-state index in [2.05, 4.69) is 31.7 Å². The maximum atomic E-state index is 15.1. The molecule has 3 heterocycles. The van der Waals surface area contributed by atoms with Gasteiger partial charge in [-0.2, -0.15) is 10.2 Å². The minimum atomic E-state index is -0.428. The summed E-state index contributed by atoms with van der Waals surface area (Å²) in [4.78, 5) is 0. The van der Waals surface area contributed by atoms with Crippen molar-refractivity contribution in [2.45, 2.75) is 13.8 Å². The van der Waals surface area contributed by atoms with Crippen molar-refractivity contribution in [3.05, 3.63) is 83.9 Å². The number of rotatable bonds is 3. The van der Waals surface area contributed by atoms with Gasteiger partial charge < -0.3 is 0 Å². The van der Waals surface area contributed by atoms with Crippen molar-refractivity contribution in [3.8, 4) is 22.6 Å². The van der Waals surface area contributed by atoms with Crippen LogP contribution in [0.3, 0.4) is 0 Å². The molecule has 0 saturated heterocycles. The van der Waals surface area contributed by atoms with Crippen molar-refractivity contribution < 1.29 is 4.39 Å². The number of H-pyrrole nitrogens is 1. The van der Waals surface area contributed by atoms with Crippen LogP contribution < -0.4 is 0 Å². The lowest BCUT2D eigenvalue weighted by atomic mass is 10.1. The maximum absolute atomic E-state index is 15.1. The second kappa shape index (κ2) is 6.84. The molecule has 32 heavy (non-hydrogen) atoms. The summed E-state index contributed by atoms with van der Waals surface area (Å²) >= 11 is 0. The predicted molar refractivity (Wildman–Crippen MR) is 121 cm³/mol. The average Bonchev–Trinajstić information content (AvgIpc) is 3.51. The highest BCUT2D eigenvalue weighted by Gasteiger charge is 2.18. The van der Waals surface area contributed by atoms with Crippen molar-refractivity contribution in [1.82, 2.24) is 35.0 Å². The standard InChI is InChI=1S/C24H18FN7/c1-14-4-3-5-18(8-14)32-24(15(2)12-27-32)17-9-20(25)23-22(10-17)31(30-29-23)19-7-6-16-13-26-28-21(16)11-19/h3-13H,1-2H3,(H,26,28). The lowest BCUT2D eigenvalue weighted by molar-refractivity contribution is 0.636. The van der Waals surface area contributed by atoms with Gasteiger partial charge in [0.25, 0.3) is 0 Å². The van der Waals surface area contributed by atoms with Crippen LogP contribution in [0.5, 0.6) is 0 Å². The fourth-order valence-electron chi connectivity index (χ4n) is 4.10. The van der Waals surface area contributed by atoms with Crippen LogP contribution in [0.15, 0.2) is 67.0 Å². The SMILES string of the molecule is Cc1cccc(-n2ncc(C)c2-c2cc(F)c3nnn(-c4ccc5cn[nH]c5c4)c3c2)c1. The summed E-state index contributed by atoms with van der Waals surface area (Å²) in [5.74, 6) is -0.428. The molecule has 0 aliphatic heterocycles. The Morgan fingerprint density at radius 1 is 0.906 bits per heavy atom. The fraction of sp³-hybridized carbons (Fsp3) is 0.0833. The first-order chi connectivity index (χ1) is 15.6. The van der Waals surface area contributed by atoms with E-state index in [0.717, 1.165) is 39.1 Å². The molecule has 0 unspecified atom stereocenters. The Kier molecular flexibility index (Phi) is 3.94. The zero-order valence-corrected chi connectivity index (χ0v) is 17.4. The number of aromatic nitrogens is 7. The Balaban J connectivity index is 1.56. The number of benzene rings is 3. The van der Waals surface area contributed by atoms with Crippen molar-refractivity contribution in [2.24, 2.45) is 0 Å². The van der Waals surface area contributed by atoms with E-state index in [9.17, 15) is 0 Å². The van der Waals surface area contributed by atoms with Crippen LogP contribution in [0.2, 0.25) is 0 Å². The van der Waals surface area contributed by atoms with Crippen LogP contribution in [-0.2, 0) is 0 Å². The van der Waals surface area contributed by atoms with Crippen molar-refractivity contribution in [1.29, 1.82) is 0 Å². The van der Waals surface area contributed by atoms with Crippen LogP contribution in [-0.4, -0.2) is 35.0 Å². The first-order valence-corrected chi connectivity index (χ1v) is 10.2. The Hall–Kier alpha value is -4.33.